The van der Waals surface area contributed by atoms with Gasteiger partial charge in [-0.05, 0) is 68.6 Å². The lowest BCUT2D eigenvalue weighted by Crippen LogP contribution is -2.13. The predicted octanol–water partition coefficient (Wildman–Crippen LogP) is 4.91. The molecule has 2 nitrogen and oxygen atoms in total. The standard InChI is InChI=1S/C14H10Br2FNO/c1-8-5-6-12(10(15)7-8)18-14(19)9-3-2-4-11(17)13(9)16/h2-7H,1H3,(H,18,19). The SMILES string of the molecule is Cc1ccc(NC(=O)c2cccc(F)c2Br)c(Br)c1. The monoisotopic (exact) mass is 385 g/mol. The Morgan fingerprint density at radius 3 is 2.63 bits per heavy atom. The van der Waals surface area contributed by atoms with Crippen LogP contribution < -0.4 is 5.32 Å². The summed E-state index contributed by atoms with van der Waals surface area (Å²) in [6.07, 6.45) is 0. The fraction of sp³-hybridized carbons (Fsp3) is 0.0714. The van der Waals surface area contributed by atoms with E-state index in [4.69, 9.17) is 0 Å². The number of benzene rings is 2. The number of nitrogens with one attached hydrogen (secondary N) is 1. The van der Waals surface area contributed by atoms with Gasteiger partial charge < -0.3 is 5.32 Å². The fourth-order valence-electron chi connectivity index (χ4n) is 1.59. The molecule has 0 heterocycles. The van der Waals surface area contributed by atoms with Gasteiger partial charge in [-0.15, -0.1) is 0 Å². The van der Waals surface area contributed by atoms with Gasteiger partial charge >= 0.3 is 0 Å². The van der Waals surface area contributed by atoms with Crippen LogP contribution in [-0.4, -0.2) is 5.91 Å². The molecule has 19 heavy (non-hydrogen) atoms. The Balaban J connectivity index is 2.28. The first-order valence-electron chi connectivity index (χ1n) is 5.50. The van der Waals surface area contributed by atoms with Crippen LogP contribution in [0.2, 0.25) is 0 Å². The molecule has 0 atom stereocenters. The highest BCUT2D eigenvalue weighted by molar-refractivity contribution is 9.11. The Morgan fingerprint density at radius 2 is 1.95 bits per heavy atom. The number of carbonyl (C=O) groups is 1. The number of aryl methyl sites for hydroxylation is 1. The molecular weight excluding hydrogens is 377 g/mol. The van der Waals surface area contributed by atoms with Gasteiger partial charge in [0.25, 0.3) is 5.91 Å². The topological polar surface area (TPSA) is 29.1 Å². The van der Waals surface area contributed by atoms with E-state index in [0.29, 0.717) is 5.69 Å². The van der Waals surface area contributed by atoms with Crippen LogP contribution in [0.15, 0.2) is 45.3 Å². The van der Waals surface area contributed by atoms with E-state index in [1.54, 1.807) is 12.1 Å². The van der Waals surface area contributed by atoms with Gasteiger partial charge in [0, 0.05) is 4.47 Å². The third-order valence-electron chi connectivity index (χ3n) is 2.57. The van der Waals surface area contributed by atoms with Crippen LogP contribution in [0.1, 0.15) is 15.9 Å². The maximum absolute atomic E-state index is 13.4. The number of halogens is 3. The van der Waals surface area contributed by atoms with Gasteiger partial charge in [-0.25, -0.2) is 4.39 Å². The highest BCUT2D eigenvalue weighted by Crippen LogP contribution is 2.26. The lowest BCUT2D eigenvalue weighted by Gasteiger charge is -2.09. The second-order valence-corrected chi connectivity index (χ2v) is 5.69. The Labute approximate surface area is 127 Å². The number of rotatable bonds is 2. The van der Waals surface area contributed by atoms with Crippen molar-refractivity contribution in [2.75, 3.05) is 5.32 Å². The summed E-state index contributed by atoms with van der Waals surface area (Å²) >= 11 is 6.46. The molecular formula is C14H10Br2FNO. The van der Waals surface area contributed by atoms with Gasteiger partial charge in [0.15, 0.2) is 0 Å². The van der Waals surface area contributed by atoms with Gasteiger partial charge in [0.05, 0.1) is 15.7 Å². The summed E-state index contributed by atoms with van der Waals surface area (Å²) in [5, 5.41) is 2.74. The molecule has 2 aromatic rings. The molecule has 0 bridgehead atoms. The summed E-state index contributed by atoms with van der Waals surface area (Å²) < 4.78 is 14.3. The van der Waals surface area contributed by atoms with Crippen LogP contribution in [0, 0.1) is 12.7 Å². The molecule has 0 aliphatic carbocycles. The molecule has 5 heteroatoms. The quantitative estimate of drug-likeness (QED) is 0.780. The fourth-order valence-corrected chi connectivity index (χ4v) is 2.63. The Morgan fingerprint density at radius 1 is 1.21 bits per heavy atom. The van der Waals surface area contributed by atoms with Gasteiger partial charge in [-0.1, -0.05) is 12.1 Å². The molecule has 0 saturated heterocycles. The van der Waals surface area contributed by atoms with Gasteiger partial charge in [0.2, 0.25) is 0 Å². The minimum atomic E-state index is -0.462. The maximum atomic E-state index is 13.4. The number of hydrogen-bond donors (Lipinski definition) is 1. The Kier molecular flexibility index (Phi) is 4.37. The summed E-state index contributed by atoms with van der Waals surface area (Å²) in [7, 11) is 0. The maximum Gasteiger partial charge on any atom is 0.256 e. The first kappa shape index (κ1) is 14.2. The average molecular weight is 387 g/mol. The molecule has 98 valence electrons. The molecule has 0 unspecified atom stereocenters. The molecule has 2 aromatic carbocycles. The molecule has 0 fully saturated rings. The molecule has 0 aliphatic rings. The summed E-state index contributed by atoms with van der Waals surface area (Å²) in [5.74, 6) is -0.827. The van der Waals surface area contributed by atoms with Crippen LogP contribution in [0.4, 0.5) is 10.1 Å². The van der Waals surface area contributed by atoms with Crippen molar-refractivity contribution < 1.29 is 9.18 Å². The minimum Gasteiger partial charge on any atom is -0.321 e. The summed E-state index contributed by atoms with van der Waals surface area (Å²) in [6, 6.07) is 9.94. The first-order valence-corrected chi connectivity index (χ1v) is 7.09. The van der Waals surface area contributed by atoms with E-state index >= 15 is 0 Å². The van der Waals surface area contributed by atoms with Crippen LogP contribution in [-0.2, 0) is 0 Å². The van der Waals surface area contributed by atoms with E-state index in [9.17, 15) is 9.18 Å². The van der Waals surface area contributed by atoms with Gasteiger partial charge in [0.1, 0.15) is 5.82 Å². The highest BCUT2D eigenvalue weighted by atomic mass is 79.9. The lowest BCUT2D eigenvalue weighted by atomic mass is 10.2. The van der Waals surface area contributed by atoms with Crippen LogP contribution in [0.25, 0.3) is 0 Å². The Bertz CT molecular complexity index is 643. The molecule has 1 N–H and O–H groups in total. The highest BCUT2D eigenvalue weighted by Gasteiger charge is 2.14. The normalized spacial score (nSPS) is 10.3. The van der Waals surface area contributed by atoms with Crippen molar-refractivity contribution in [3.63, 3.8) is 0 Å². The van der Waals surface area contributed by atoms with Crippen molar-refractivity contribution in [3.8, 4) is 0 Å². The number of carbonyl (C=O) groups excluding carboxylic acids is 1. The van der Waals surface area contributed by atoms with Crippen molar-refractivity contribution in [2.24, 2.45) is 0 Å². The van der Waals surface area contributed by atoms with Gasteiger partial charge in [-0.2, -0.15) is 0 Å². The summed E-state index contributed by atoms with van der Waals surface area (Å²) in [4.78, 5) is 12.1. The number of anilines is 1. The summed E-state index contributed by atoms with van der Waals surface area (Å²) in [6.45, 7) is 1.96. The zero-order valence-corrected chi connectivity index (χ0v) is 13.2. The molecule has 0 saturated carbocycles. The van der Waals surface area contributed by atoms with Crippen LogP contribution >= 0.6 is 31.9 Å². The third-order valence-corrected chi connectivity index (χ3v) is 4.03. The molecule has 2 rings (SSSR count). The Hall–Kier alpha value is -1.20. The lowest BCUT2D eigenvalue weighted by molar-refractivity contribution is 0.102. The molecule has 1 amide bonds. The number of amides is 1. The minimum absolute atomic E-state index is 0.163. The molecule has 0 aliphatic heterocycles. The summed E-state index contributed by atoms with van der Waals surface area (Å²) in [5.41, 5.74) is 1.98. The van der Waals surface area contributed by atoms with Crippen molar-refractivity contribution >= 4 is 43.5 Å². The smallest absolute Gasteiger partial charge is 0.256 e. The predicted molar refractivity (Wildman–Crippen MR) is 80.9 cm³/mol. The van der Waals surface area contributed by atoms with Crippen molar-refractivity contribution in [2.45, 2.75) is 6.92 Å². The molecule has 0 radical (unpaired) electrons. The van der Waals surface area contributed by atoms with Crippen LogP contribution in [0.3, 0.4) is 0 Å². The van der Waals surface area contributed by atoms with Crippen molar-refractivity contribution in [3.05, 3.63) is 62.3 Å². The van der Waals surface area contributed by atoms with E-state index in [1.165, 1.54) is 12.1 Å². The second-order valence-electron chi connectivity index (χ2n) is 4.04. The van der Waals surface area contributed by atoms with E-state index in [-0.39, 0.29) is 15.9 Å². The zero-order chi connectivity index (χ0) is 14.0. The van der Waals surface area contributed by atoms with E-state index in [0.717, 1.165) is 10.0 Å². The third kappa shape index (κ3) is 3.22. The van der Waals surface area contributed by atoms with E-state index in [1.807, 2.05) is 19.1 Å². The molecule has 0 aromatic heterocycles. The average Bonchev–Trinajstić information content (AvgIpc) is 2.36. The van der Waals surface area contributed by atoms with Crippen LogP contribution in [0.5, 0.6) is 0 Å². The largest absolute Gasteiger partial charge is 0.321 e. The van der Waals surface area contributed by atoms with E-state index in [2.05, 4.69) is 37.2 Å². The van der Waals surface area contributed by atoms with Crippen molar-refractivity contribution in [1.82, 2.24) is 0 Å². The zero-order valence-electron chi connectivity index (χ0n) is 10.0. The van der Waals surface area contributed by atoms with Gasteiger partial charge in [-0.3, -0.25) is 4.79 Å². The van der Waals surface area contributed by atoms with E-state index < -0.39 is 5.82 Å². The van der Waals surface area contributed by atoms with Crippen molar-refractivity contribution in [1.29, 1.82) is 0 Å². The number of hydrogen-bond acceptors (Lipinski definition) is 1. The molecule has 0 spiro atoms. The second kappa shape index (κ2) is 5.84. The first-order chi connectivity index (χ1) is 8.99.